The van der Waals surface area contributed by atoms with Crippen LogP contribution in [0.4, 0.5) is 11.5 Å². The molecule has 0 fully saturated rings. The van der Waals surface area contributed by atoms with Crippen LogP contribution in [0.25, 0.3) is 11.0 Å². The highest BCUT2D eigenvalue weighted by molar-refractivity contribution is 5.95. The first-order valence-electron chi connectivity index (χ1n) is 7.57. The lowest BCUT2D eigenvalue weighted by molar-refractivity contribution is -0.118. The zero-order chi connectivity index (χ0) is 16.7. The third-order valence-corrected chi connectivity index (χ3v) is 4.02. The number of anilines is 2. The van der Waals surface area contributed by atoms with Crippen molar-refractivity contribution in [3.8, 4) is 5.75 Å². The Morgan fingerprint density at radius 1 is 1.38 bits per heavy atom. The van der Waals surface area contributed by atoms with Crippen LogP contribution in [0.3, 0.4) is 0 Å². The molecule has 4 rings (SSSR count). The van der Waals surface area contributed by atoms with Crippen molar-refractivity contribution < 1.29 is 9.53 Å². The van der Waals surface area contributed by atoms with Gasteiger partial charge in [-0.3, -0.25) is 9.48 Å². The van der Waals surface area contributed by atoms with Crippen LogP contribution >= 0.6 is 0 Å². The third-order valence-electron chi connectivity index (χ3n) is 4.02. The number of fused-ring (bicyclic) bond motifs is 2. The summed E-state index contributed by atoms with van der Waals surface area (Å²) in [4.78, 5) is 20.0. The van der Waals surface area contributed by atoms with Crippen molar-refractivity contribution in [2.24, 2.45) is 7.05 Å². The van der Waals surface area contributed by atoms with Gasteiger partial charge in [-0.2, -0.15) is 5.10 Å². The maximum Gasteiger partial charge on any atom is 0.262 e. The second kappa shape index (κ2) is 5.48. The molecule has 1 amide bonds. The van der Waals surface area contributed by atoms with Crippen LogP contribution in [-0.4, -0.2) is 32.3 Å². The average molecular weight is 324 g/mol. The molecule has 122 valence electrons. The molecule has 1 aromatic carbocycles. The number of nitrogens with one attached hydrogen (secondary N) is 2. The van der Waals surface area contributed by atoms with E-state index in [-0.39, 0.29) is 18.6 Å². The van der Waals surface area contributed by atoms with E-state index in [9.17, 15) is 4.79 Å². The maximum atomic E-state index is 11.5. The number of aryl methyl sites for hydroxylation is 1. The van der Waals surface area contributed by atoms with E-state index >= 15 is 0 Å². The lowest BCUT2D eigenvalue weighted by atomic mass is 10.1. The molecule has 0 saturated carbocycles. The summed E-state index contributed by atoms with van der Waals surface area (Å²) in [6.45, 7) is 2.08. The largest absolute Gasteiger partial charge is 0.482 e. The number of aromatic nitrogens is 4. The van der Waals surface area contributed by atoms with E-state index in [1.807, 2.05) is 32.2 Å². The Hall–Kier alpha value is -3.16. The van der Waals surface area contributed by atoms with Crippen molar-refractivity contribution >= 4 is 28.4 Å². The van der Waals surface area contributed by atoms with Crippen molar-refractivity contribution in [2.75, 3.05) is 17.2 Å². The van der Waals surface area contributed by atoms with Crippen molar-refractivity contribution in [3.05, 3.63) is 36.3 Å². The van der Waals surface area contributed by atoms with Crippen LogP contribution in [0.5, 0.6) is 5.75 Å². The fourth-order valence-electron chi connectivity index (χ4n) is 2.74. The molecule has 2 N–H and O–H groups in total. The van der Waals surface area contributed by atoms with E-state index in [2.05, 4.69) is 25.7 Å². The Labute approximate surface area is 137 Å². The smallest absolute Gasteiger partial charge is 0.262 e. The van der Waals surface area contributed by atoms with Gasteiger partial charge in [0.25, 0.3) is 5.91 Å². The third kappa shape index (κ3) is 2.41. The summed E-state index contributed by atoms with van der Waals surface area (Å²) < 4.78 is 7.09. The van der Waals surface area contributed by atoms with Gasteiger partial charge in [0.2, 0.25) is 0 Å². The first kappa shape index (κ1) is 14.4. The van der Waals surface area contributed by atoms with Gasteiger partial charge in [-0.15, -0.1) is 0 Å². The number of hydrogen-bond acceptors (Lipinski definition) is 6. The minimum atomic E-state index is -0.145. The SMILES string of the molecule is CC(Nc1ncnc2c1cnn2C)c1ccc2c(c1)NC(=O)CO2. The molecule has 1 unspecified atom stereocenters. The molecule has 0 saturated heterocycles. The highest BCUT2D eigenvalue weighted by atomic mass is 16.5. The molecule has 0 aliphatic carbocycles. The molecule has 0 bridgehead atoms. The highest BCUT2D eigenvalue weighted by Gasteiger charge is 2.18. The topological polar surface area (TPSA) is 94.0 Å². The fraction of sp³-hybridized carbons (Fsp3) is 0.250. The molecular weight excluding hydrogens is 308 g/mol. The minimum Gasteiger partial charge on any atom is -0.482 e. The molecule has 2 aromatic heterocycles. The zero-order valence-electron chi connectivity index (χ0n) is 13.3. The predicted octanol–water partition coefficient (Wildman–Crippen LogP) is 1.87. The number of carbonyl (C=O) groups excluding carboxylic acids is 1. The van der Waals surface area contributed by atoms with Crippen LogP contribution in [0.2, 0.25) is 0 Å². The summed E-state index contributed by atoms with van der Waals surface area (Å²) >= 11 is 0. The summed E-state index contributed by atoms with van der Waals surface area (Å²) in [7, 11) is 1.84. The summed E-state index contributed by atoms with van der Waals surface area (Å²) in [5.41, 5.74) is 2.47. The Morgan fingerprint density at radius 3 is 3.12 bits per heavy atom. The van der Waals surface area contributed by atoms with Crippen molar-refractivity contribution in [3.63, 3.8) is 0 Å². The molecule has 1 atom stereocenters. The van der Waals surface area contributed by atoms with E-state index in [1.165, 1.54) is 6.33 Å². The van der Waals surface area contributed by atoms with Gasteiger partial charge in [-0.25, -0.2) is 9.97 Å². The number of ether oxygens (including phenoxy) is 1. The summed E-state index contributed by atoms with van der Waals surface area (Å²) in [6.07, 6.45) is 3.26. The van der Waals surface area contributed by atoms with E-state index in [4.69, 9.17) is 4.74 Å². The monoisotopic (exact) mass is 324 g/mol. The van der Waals surface area contributed by atoms with E-state index < -0.39 is 0 Å². The van der Waals surface area contributed by atoms with E-state index in [0.29, 0.717) is 11.4 Å². The van der Waals surface area contributed by atoms with Crippen LogP contribution in [-0.2, 0) is 11.8 Å². The van der Waals surface area contributed by atoms with E-state index in [0.717, 1.165) is 22.4 Å². The number of carbonyl (C=O) groups is 1. The molecule has 0 radical (unpaired) electrons. The zero-order valence-corrected chi connectivity index (χ0v) is 13.3. The van der Waals surface area contributed by atoms with Crippen molar-refractivity contribution in [1.29, 1.82) is 0 Å². The lowest BCUT2D eigenvalue weighted by Crippen LogP contribution is -2.25. The maximum absolute atomic E-state index is 11.5. The van der Waals surface area contributed by atoms with Gasteiger partial charge in [-0.05, 0) is 24.6 Å². The Morgan fingerprint density at radius 2 is 2.25 bits per heavy atom. The quantitative estimate of drug-likeness (QED) is 0.764. The first-order chi connectivity index (χ1) is 11.6. The first-order valence-corrected chi connectivity index (χ1v) is 7.57. The molecule has 24 heavy (non-hydrogen) atoms. The second-order valence-corrected chi connectivity index (χ2v) is 5.69. The van der Waals surface area contributed by atoms with Gasteiger partial charge >= 0.3 is 0 Å². The lowest BCUT2D eigenvalue weighted by Gasteiger charge is -2.21. The summed E-state index contributed by atoms with van der Waals surface area (Å²) in [6, 6.07) is 5.72. The van der Waals surface area contributed by atoms with Gasteiger partial charge < -0.3 is 15.4 Å². The van der Waals surface area contributed by atoms with Gasteiger partial charge in [-0.1, -0.05) is 6.07 Å². The minimum absolute atomic E-state index is 0.0209. The normalized spacial score (nSPS) is 14.7. The predicted molar refractivity (Wildman–Crippen MR) is 88.9 cm³/mol. The highest BCUT2D eigenvalue weighted by Crippen LogP contribution is 2.32. The number of amides is 1. The molecule has 8 nitrogen and oxygen atoms in total. The summed E-state index contributed by atoms with van der Waals surface area (Å²) in [5.74, 6) is 1.26. The van der Waals surface area contributed by atoms with Crippen molar-refractivity contribution in [1.82, 2.24) is 19.7 Å². The van der Waals surface area contributed by atoms with Gasteiger partial charge in [0.15, 0.2) is 12.3 Å². The van der Waals surface area contributed by atoms with Crippen LogP contribution in [0.15, 0.2) is 30.7 Å². The Balaban J connectivity index is 1.63. The van der Waals surface area contributed by atoms with E-state index in [1.54, 1.807) is 10.9 Å². The number of benzene rings is 1. The van der Waals surface area contributed by atoms with Gasteiger partial charge in [0.05, 0.1) is 23.3 Å². The Bertz CT molecular complexity index is 935. The standard InChI is InChI=1S/C16H16N6O2/c1-9(10-3-4-13-12(5-10)21-14(23)7-24-13)20-15-11-6-19-22(2)16(11)18-8-17-15/h3-6,8-9H,7H2,1-2H3,(H,21,23)(H,17,18,20). The number of hydrogen-bond donors (Lipinski definition) is 2. The van der Waals surface area contributed by atoms with Crippen molar-refractivity contribution in [2.45, 2.75) is 13.0 Å². The molecule has 0 spiro atoms. The Kier molecular flexibility index (Phi) is 3.30. The molecule has 3 heterocycles. The average Bonchev–Trinajstić information content (AvgIpc) is 2.96. The molecule has 3 aromatic rings. The van der Waals surface area contributed by atoms with Crippen LogP contribution in [0.1, 0.15) is 18.5 Å². The van der Waals surface area contributed by atoms with Crippen LogP contribution in [0, 0.1) is 0 Å². The summed E-state index contributed by atoms with van der Waals surface area (Å²) in [5, 5.41) is 11.3. The molecule has 1 aliphatic rings. The van der Waals surface area contributed by atoms with Gasteiger partial charge in [0.1, 0.15) is 17.9 Å². The molecular formula is C16H16N6O2. The number of rotatable bonds is 3. The molecule has 8 heteroatoms. The van der Waals surface area contributed by atoms with Gasteiger partial charge in [0, 0.05) is 7.05 Å². The fourth-order valence-corrected chi connectivity index (χ4v) is 2.74. The van der Waals surface area contributed by atoms with Crippen LogP contribution < -0.4 is 15.4 Å². The number of nitrogens with zero attached hydrogens (tertiary/aromatic N) is 4. The second-order valence-electron chi connectivity index (χ2n) is 5.69. The molecule has 1 aliphatic heterocycles.